The largest absolute Gasteiger partial charge is 0.301 e. The SMILES string of the molecule is [CH2-]n1nnc(-c2ccc(CC)cc2)n1. The molecule has 14 heavy (non-hydrogen) atoms. The molecule has 1 aromatic heterocycles. The second kappa shape index (κ2) is 3.49. The Balaban J connectivity index is 2.33. The van der Waals surface area contributed by atoms with Crippen LogP contribution in [0.3, 0.4) is 0 Å². The predicted molar refractivity (Wildman–Crippen MR) is 53.4 cm³/mol. The Kier molecular flexibility index (Phi) is 2.18. The molecular formula is C10H11N4-. The summed E-state index contributed by atoms with van der Waals surface area (Å²) in [5, 5.41) is 11.6. The van der Waals surface area contributed by atoms with Gasteiger partial charge in [0.15, 0.2) is 0 Å². The molecule has 0 N–H and O–H groups in total. The first-order chi connectivity index (χ1) is 6.79. The smallest absolute Gasteiger partial charge is 0.202 e. The third kappa shape index (κ3) is 1.59. The molecule has 0 saturated carbocycles. The van der Waals surface area contributed by atoms with Crippen molar-refractivity contribution in [1.82, 2.24) is 20.2 Å². The lowest BCUT2D eigenvalue weighted by molar-refractivity contribution is 0.714. The van der Waals surface area contributed by atoms with Gasteiger partial charge in [0.05, 0.1) is 0 Å². The lowest BCUT2D eigenvalue weighted by atomic mass is 10.1. The molecule has 0 unspecified atom stereocenters. The van der Waals surface area contributed by atoms with Crippen LogP contribution in [0.25, 0.3) is 11.4 Å². The van der Waals surface area contributed by atoms with Gasteiger partial charge in [-0.3, -0.25) is 7.05 Å². The zero-order chi connectivity index (χ0) is 9.97. The molecular weight excluding hydrogens is 176 g/mol. The highest BCUT2D eigenvalue weighted by atomic mass is 15.6. The average molecular weight is 187 g/mol. The van der Waals surface area contributed by atoms with Crippen molar-refractivity contribution in [2.75, 3.05) is 0 Å². The van der Waals surface area contributed by atoms with Crippen molar-refractivity contribution in [2.45, 2.75) is 13.3 Å². The number of aromatic nitrogens is 4. The molecule has 1 aromatic carbocycles. The lowest BCUT2D eigenvalue weighted by Gasteiger charge is -1.97. The maximum absolute atomic E-state index is 4.02. The van der Waals surface area contributed by atoms with E-state index >= 15 is 0 Å². The Hall–Kier alpha value is -1.84. The zero-order valence-electron chi connectivity index (χ0n) is 8.01. The number of rotatable bonds is 2. The van der Waals surface area contributed by atoms with Crippen molar-refractivity contribution in [3.05, 3.63) is 36.9 Å². The molecule has 0 radical (unpaired) electrons. The van der Waals surface area contributed by atoms with Crippen molar-refractivity contribution in [3.63, 3.8) is 0 Å². The third-order valence-corrected chi connectivity index (χ3v) is 2.07. The van der Waals surface area contributed by atoms with Gasteiger partial charge in [0.1, 0.15) is 0 Å². The van der Waals surface area contributed by atoms with E-state index in [1.807, 2.05) is 12.1 Å². The summed E-state index contributed by atoms with van der Waals surface area (Å²) in [5.74, 6) is 0.614. The van der Waals surface area contributed by atoms with Crippen molar-refractivity contribution in [1.29, 1.82) is 0 Å². The predicted octanol–water partition coefficient (Wildman–Crippen LogP) is 1.54. The second-order valence-electron chi connectivity index (χ2n) is 3.04. The van der Waals surface area contributed by atoms with E-state index in [4.69, 9.17) is 0 Å². The fourth-order valence-corrected chi connectivity index (χ4v) is 1.25. The Labute approximate surface area is 82.6 Å². The van der Waals surface area contributed by atoms with Crippen LogP contribution in [0.1, 0.15) is 12.5 Å². The average Bonchev–Trinajstić information content (AvgIpc) is 2.65. The first-order valence-electron chi connectivity index (χ1n) is 4.50. The molecule has 0 aliphatic carbocycles. The van der Waals surface area contributed by atoms with Gasteiger partial charge in [-0.2, -0.15) is 5.10 Å². The number of nitrogens with zero attached hydrogens (tertiary/aromatic N) is 4. The van der Waals surface area contributed by atoms with Crippen LogP contribution in [0, 0.1) is 7.05 Å². The maximum atomic E-state index is 4.02. The number of hydrogen-bond donors (Lipinski definition) is 0. The van der Waals surface area contributed by atoms with Crippen molar-refractivity contribution in [2.24, 2.45) is 0 Å². The van der Waals surface area contributed by atoms with Gasteiger partial charge in [-0.1, -0.05) is 36.4 Å². The van der Waals surface area contributed by atoms with Gasteiger partial charge in [0, 0.05) is 5.56 Å². The van der Waals surface area contributed by atoms with E-state index < -0.39 is 0 Å². The van der Waals surface area contributed by atoms with Crippen LogP contribution in [0.4, 0.5) is 0 Å². The highest BCUT2D eigenvalue weighted by Crippen LogP contribution is 2.14. The summed E-state index contributed by atoms with van der Waals surface area (Å²) < 4.78 is 0. The van der Waals surface area contributed by atoms with Gasteiger partial charge in [-0.05, 0) is 12.0 Å². The molecule has 2 aromatic rings. The molecule has 0 fully saturated rings. The van der Waals surface area contributed by atoms with Crippen molar-refractivity contribution in [3.8, 4) is 11.4 Å². The van der Waals surface area contributed by atoms with Crippen LogP contribution in [-0.4, -0.2) is 20.2 Å². The van der Waals surface area contributed by atoms with Crippen LogP contribution in [0.2, 0.25) is 0 Å². The molecule has 0 saturated heterocycles. The summed E-state index contributed by atoms with van der Waals surface area (Å²) in [6.45, 7) is 2.12. The summed E-state index contributed by atoms with van der Waals surface area (Å²) in [6, 6.07) is 8.13. The number of benzene rings is 1. The minimum Gasteiger partial charge on any atom is -0.301 e. The Morgan fingerprint density at radius 3 is 2.50 bits per heavy atom. The van der Waals surface area contributed by atoms with Gasteiger partial charge in [0.25, 0.3) is 0 Å². The Bertz CT molecular complexity index is 416. The van der Waals surface area contributed by atoms with E-state index in [0.717, 1.165) is 12.0 Å². The van der Waals surface area contributed by atoms with Gasteiger partial charge in [-0.25, -0.2) is 0 Å². The van der Waals surface area contributed by atoms with Gasteiger partial charge < -0.3 is 4.80 Å². The summed E-state index contributed by atoms with van der Waals surface area (Å²) in [7, 11) is 3.53. The van der Waals surface area contributed by atoms with Gasteiger partial charge >= 0.3 is 0 Å². The Morgan fingerprint density at radius 2 is 2.00 bits per heavy atom. The molecule has 0 aliphatic heterocycles. The van der Waals surface area contributed by atoms with Crippen LogP contribution in [-0.2, 0) is 6.42 Å². The van der Waals surface area contributed by atoms with Gasteiger partial charge in [-0.15, -0.1) is 5.10 Å². The molecule has 2 rings (SSSR count). The highest BCUT2D eigenvalue weighted by Gasteiger charge is 2.01. The van der Waals surface area contributed by atoms with Crippen LogP contribution < -0.4 is 0 Å². The molecule has 0 bridgehead atoms. The zero-order valence-corrected chi connectivity index (χ0v) is 8.01. The molecule has 0 aliphatic rings. The van der Waals surface area contributed by atoms with Crippen LogP contribution in [0.15, 0.2) is 24.3 Å². The number of tetrazole rings is 1. The Morgan fingerprint density at radius 1 is 1.29 bits per heavy atom. The molecule has 72 valence electrons. The van der Waals surface area contributed by atoms with E-state index in [-0.39, 0.29) is 0 Å². The lowest BCUT2D eigenvalue weighted by Crippen LogP contribution is -1.89. The summed E-state index contributed by atoms with van der Waals surface area (Å²) >= 11 is 0. The maximum Gasteiger partial charge on any atom is 0.202 e. The van der Waals surface area contributed by atoms with Crippen LogP contribution >= 0.6 is 0 Å². The normalized spacial score (nSPS) is 10.4. The molecule has 0 amide bonds. The minimum atomic E-state index is 0.614. The fraction of sp³-hybridized carbons (Fsp3) is 0.200. The standard InChI is InChI=1S/C10H11N4/c1-3-8-4-6-9(7-5-8)10-11-13-14(2)12-10/h4-7H,2-3H2,1H3/q-1. The van der Waals surface area contributed by atoms with Crippen LogP contribution in [0.5, 0.6) is 0 Å². The first kappa shape index (κ1) is 8.74. The second-order valence-corrected chi connectivity index (χ2v) is 3.04. The molecule has 0 spiro atoms. The van der Waals surface area contributed by atoms with E-state index in [2.05, 4.69) is 41.5 Å². The van der Waals surface area contributed by atoms with Gasteiger partial charge in [0.2, 0.25) is 5.82 Å². The topological polar surface area (TPSA) is 43.6 Å². The summed E-state index contributed by atoms with van der Waals surface area (Å²) in [4.78, 5) is 1.21. The van der Waals surface area contributed by atoms with Crippen molar-refractivity contribution >= 4 is 0 Å². The van der Waals surface area contributed by atoms with Crippen molar-refractivity contribution < 1.29 is 0 Å². The highest BCUT2D eigenvalue weighted by molar-refractivity contribution is 5.54. The number of aryl methyl sites for hydroxylation is 1. The third-order valence-electron chi connectivity index (χ3n) is 2.07. The number of hydrogen-bond acceptors (Lipinski definition) is 3. The van der Waals surface area contributed by atoms with E-state index in [1.54, 1.807) is 0 Å². The first-order valence-corrected chi connectivity index (χ1v) is 4.50. The molecule has 4 nitrogen and oxygen atoms in total. The summed E-state index contributed by atoms with van der Waals surface area (Å²) in [5.41, 5.74) is 2.27. The van der Waals surface area contributed by atoms with E-state index in [9.17, 15) is 0 Å². The van der Waals surface area contributed by atoms with E-state index in [1.165, 1.54) is 10.4 Å². The quantitative estimate of drug-likeness (QED) is 0.670. The molecule has 1 heterocycles. The van der Waals surface area contributed by atoms with E-state index in [0.29, 0.717) is 5.82 Å². The minimum absolute atomic E-state index is 0.614. The monoisotopic (exact) mass is 187 g/mol. The molecule has 0 atom stereocenters. The fourth-order valence-electron chi connectivity index (χ4n) is 1.25. The summed E-state index contributed by atoms with van der Waals surface area (Å²) in [6.07, 6.45) is 1.04. The molecule has 4 heteroatoms.